The molecule has 0 aliphatic carbocycles. The maximum absolute atomic E-state index is 11.8. The summed E-state index contributed by atoms with van der Waals surface area (Å²) in [6.45, 7) is 1.29. The normalized spacial score (nSPS) is 10.2. The van der Waals surface area contributed by atoms with Gasteiger partial charge in [0.1, 0.15) is 0 Å². The van der Waals surface area contributed by atoms with E-state index in [-0.39, 0.29) is 11.8 Å². The number of carbonyl (C=O) groups excluding carboxylic acids is 2. The Bertz CT molecular complexity index is 384. The molecule has 0 radical (unpaired) electrons. The van der Waals surface area contributed by atoms with Gasteiger partial charge in [0.15, 0.2) is 0 Å². The van der Waals surface area contributed by atoms with Crippen molar-refractivity contribution in [3.05, 3.63) is 21.9 Å². The summed E-state index contributed by atoms with van der Waals surface area (Å²) < 4.78 is 0. The lowest BCUT2D eigenvalue weighted by molar-refractivity contribution is 0.0953. The summed E-state index contributed by atoms with van der Waals surface area (Å²) in [7, 11) is 0. The molecule has 1 aromatic rings. The van der Waals surface area contributed by atoms with Gasteiger partial charge in [0.05, 0.1) is 9.75 Å². The first-order chi connectivity index (χ1) is 9.19. The van der Waals surface area contributed by atoms with E-state index in [2.05, 4.69) is 10.6 Å². The Hall–Kier alpha value is -0.660. The standard InChI is InChI=1S/C12H18N2O2S3/c1-17-7-5-13-11(15)9-3-4-10(19-9)12(16)14-6-8-18-2/h3-4H,5-8H2,1-2H3,(H,13,15)(H,14,16). The second-order valence-electron chi connectivity index (χ2n) is 3.66. The monoisotopic (exact) mass is 318 g/mol. The van der Waals surface area contributed by atoms with Gasteiger partial charge in [-0.3, -0.25) is 9.59 Å². The van der Waals surface area contributed by atoms with E-state index in [9.17, 15) is 9.59 Å². The van der Waals surface area contributed by atoms with Crippen LogP contribution in [0, 0.1) is 0 Å². The zero-order valence-corrected chi connectivity index (χ0v) is 13.5. The number of thioether (sulfide) groups is 2. The van der Waals surface area contributed by atoms with Gasteiger partial charge >= 0.3 is 0 Å². The van der Waals surface area contributed by atoms with E-state index >= 15 is 0 Å². The molecule has 0 saturated heterocycles. The summed E-state index contributed by atoms with van der Waals surface area (Å²) in [5.74, 6) is 1.56. The van der Waals surface area contributed by atoms with Crippen molar-refractivity contribution in [3.63, 3.8) is 0 Å². The highest BCUT2D eigenvalue weighted by atomic mass is 32.2. The van der Waals surface area contributed by atoms with Crippen LogP contribution in [-0.2, 0) is 0 Å². The zero-order chi connectivity index (χ0) is 14.1. The molecule has 7 heteroatoms. The van der Waals surface area contributed by atoms with Crippen molar-refractivity contribution in [1.29, 1.82) is 0 Å². The van der Waals surface area contributed by atoms with E-state index < -0.39 is 0 Å². The van der Waals surface area contributed by atoms with Crippen LogP contribution in [0.3, 0.4) is 0 Å². The summed E-state index contributed by atoms with van der Waals surface area (Å²) in [5, 5.41) is 5.64. The third kappa shape index (κ3) is 5.88. The minimum Gasteiger partial charge on any atom is -0.351 e. The molecule has 4 nitrogen and oxygen atoms in total. The molecule has 0 aliphatic heterocycles. The lowest BCUT2D eigenvalue weighted by atomic mass is 10.4. The number of rotatable bonds is 8. The molecule has 0 aliphatic rings. The van der Waals surface area contributed by atoms with E-state index in [0.29, 0.717) is 22.8 Å². The largest absolute Gasteiger partial charge is 0.351 e. The summed E-state index contributed by atoms with van der Waals surface area (Å²) in [6.07, 6.45) is 3.99. The van der Waals surface area contributed by atoms with Crippen molar-refractivity contribution in [2.45, 2.75) is 0 Å². The number of carbonyl (C=O) groups is 2. The fourth-order valence-electron chi connectivity index (χ4n) is 1.29. The number of nitrogens with one attached hydrogen (secondary N) is 2. The molecule has 0 fully saturated rings. The van der Waals surface area contributed by atoms with Crippen molar-refractivity contribution in [2.24, 2.45) is 0 Å². The molecule has 0 spiro atoms. The third-order valence-corrected chi connectivity index (χ3v) is 4.54. The topological polar surface area (TPSA) is 58.2 Å². The van der Waals surface area contributed by atoms with Crippen molar-refractivity contribution in [2.75, 3.05) is 37.1 Å². The average Bonchev–Trinajstić information content (AvgIpc) is 2.89. The predicted molar refractivity (Wildman–Crippen MR) is 85.7 cm³/mol. The molecule has 106 valence electrons. The molecule has 0 bridgehead atoms. The molecule has 0 saturated carbocycles. The molecule has 1 heterocycles. The quantitative estimate of drug-likeness (QED) is 0.719. The number of amides is 2. The van der Waals surface area contributed by atoms with Gasteiger partial charge in [0, 0.05) is 24.6 Å². The highest BCUT2D eigenvalue weighted by Gasteiger charge is 2.12. The van der Waals surface area contributed by atoms with Crippen LogP contribution < -0.4 is 10.6 Å². The summed E-state index contributed by atoms with van der Waals surface area (Å²) in [6, 6.07) is 3.39. The minimum absolute atomic E-state index is 0.109. The Labute approximate surface area is 126 Å². The van der Waals surface area contributed by atoms with Crippen LogP contribution >= 0.6 is 34.9 Å². The van der Waals surface area contributed by atoms with Crippen LogP contribution in [0.2, 0.25) is 0 Å². The second kappa shape index (κ2) is 9.28. The first-order valence-corrected chi connectivity index (χ1v) is 9.43. The molecule has 2 amide bonds. The maximum Gasteiger partial charge on any atom is 0.261 e. The van der Waals surface area contributed by atoms with Crippen LogP contribution in [0.5, 0.6) is 0 Å². The van der Waals surface area contributed by atoms with E-state index in [1.165, 1.54) is 11.3 Å². The Kier molecular flexibility index (Phi) is 8.00. The highest BCUT2D eigenvalue weighted by molar-refractivity contribution is 7.98. The van der Waals surface area contributed by atoms with E-state index in [0.717, 1.165) is 11.5 Å². The van der Waals surface area contributed by atoms with Gasteiger partial charge < -0.3 is 10.6 Å². The molecule has 1 rings (SSSR count). The second-order valence-corrected chi connectivity index (χ2v) is 6.72. The number of hydrogen-bond donors (Lipinski definition) is 2. The molecular weight excluding hydrogens is 300 g/mol. The Morgan fingerprint density at radius 3 is 1.79 bits per heavy atom. The average molecular weight is 318 g/mol. The zero-order valence-electron chi connectivity index (χ0n) is 11.0. The Morgan fingerprint density at radius 2 is 1.42 bits per heavy atom. The van der Waals surface area contributed by atoms with Gasteiger partial charge in [-0.05, 0) is 24.6 Å². The van der Waals surface area contributed by atoms with E-state index in [1.807, 2.05) is 12.5 Å². The van der Waals surface area contributed by atoms with Gasteiger partial charge in [0.25, 0.3) is 11.8 Å². The number of thiophene rings is 1. The van der Waals surface area contributed by atoms with Gasteiger partial charge in [0.2, 0.25) is 0 Å². The molecule has 0 atom stereocenters. The minimum atomic E-state index is -0.109. The van der Waals surface area contributed by atoms with Gasteiger partial charge in [-0.15, -0.1) is 11.3 Å². The first kappa shape index (κ1) is 16.4. The van der Waals surface area contributed by atoms with E-state index in [4.69, 9.17) is 0 Å². The van der Waals surface area contributed by atoms with Crippen LogP contribution in [-0.4, -0.2) is 48.9 Å². The van der Waals surface area contributed by atoms with Gasteiger partial charge in [-0.1, -0.05) is 0 Å². The van der Waals surface area contributed by atoms with Crippen molar-refractivity contribution < 1.29 is 9.59 Å². The van der Waals surface area contributed by atoms with Crippen molar-refractivity contribution in [1.82, 2.24) is 10.6 Å². The first-order valence-electron chi connectivity index (χ1n) is 5.83. The molecular formula is C12H18N2O2S3. The summed E-state index contributed by atoms with van der Waals surface area (Å²) in [4.78, 5) is 24.7. The lowest BCUT2D eigenvalue weighted by Gasteiger charge is -2.02. The Morgan fingerprint density at radius 1 is 1.00 bits per heavy atom. The van der Waals surface area contributed by atoms with Crippen molar-refractivity contribution in [3.8, 4) is 0 Å². The molecule has 2 N–H and O–H groups in total. The molecule has 0 aromatic carbocycles. The smallest absolute Gasteiger partial charge is 0.261 e. The molecule has 19 heavy (non-hydrogen) atoms. The number of hydrogen-bond acceptors (Lipinski definition) is 5. The van der Waals surface area contributed by atoms with Crippen molar-refractivity contribution >= 4 is 46.7 Å². The maximum atomic E-state index is 11.8. The van der Waals surface area contributed by atoms with Crippen LogP contribution in [0.4, 0.5) is 0 Å². The predicted octanol–water partition coefficient (Wildman–Crippen LogP) is 1.93. The van der Waals surface area contributed by atoms with Crippen LogP contribution in [0.1, 0.15) is 19.3 Å². The summed E-state index contributed by atoms with van der Waals surface area (Å²) >= 11 is 4.59. The SMILES string of the molecule is CSCCNC(=O)c1ccc(C(=O)NCCSC)s1. The van der Waals surface area contributed by atoms with Crippen LogP contribution in [0.15, 0.2) is 12.1 Å². The van der Waals surface area contributed by atoms with Crippen LogP contribution in [0.25, 0.3) is 0 Å². The fraction of sp³-hybridized carbons (Fsp3) is 0.500. The summed E-state index contributed by atoms with van der Waals surface area (Å²) in [5.41, 5.74) is 0. The molecule has 0 unspecified atom stereocenters. The van der Waals surface area contributed by atoms with Gasteiger partial charge in [-0.2, -0.15) is 23.5 Å². The lowest BCUT2D eigenvalue weighted by Crippen LogP contribution is -2.25. The van der Waals surface area contributed by atoms with E-state index in [1.54, 1.807) is 35.7 Å². The van der Waals surface area contributed by atoms with Gasteiger partial charge in [-0.25, -0.2) is 0 Å². The fourth-order valence-corrected chi connectivity index (χ4v) is 2.74. The third-order valence-electron chi connectivity index (χ3n) is 2.24. The highest BCUT2D eigenvalue weighted by Crippen LogP contribution is 2.16. The Balaban J connectivity index is 2.46. The molecule has 1 aromatic heterocycles.